The number of hydrogen-bond donors (Lipinski definition) is 1. The Bertz CT molecular complexity index is 601. The van der Waals surface area contributed by atoms with E-state index in [1.807, 2.05) is 0 Å². The molecule has 0 aliphatic carbocycles. The number of carbonyl (C=O) groups is 1. The van der Waals surface area contributed by atoms with E-state index in [2.05, 4.69) is 20.3 Å². The third-order valence-electron chi connectivity index (χ3n) is 2.76. The van der Waals surface area contributed by atoms with Crippen molar-refractivity contribution < 1.29 is 18.3 Å². The minimum atomic E-state index is -2.47. The van der Waals surface area contributed by atoms with Crippen molar-refractivity contribution in [2.45, 2.75) is 13.0 Å². The maximum Gasteiger partial charge on any atom is 0.358 e. The van der Waals surface area contributed by atoms with Gasteiger partial charge in [0, 0.05) is 12.1 Å². The van der Waals surface area contributed by atoms with Crippen LogP contribution in [0.25, 0.3) is 0 Å². The third-order valence-corrected chi connectivity index (χ3v) is 2.76. The highest BCUT2D eigenvalue weighted by Gasteiger charge is 2.08. The van der Waals surface area contributed by atoms with Gasteiger partial charge in [0.25, 0.3) is 6.43 Å². The Morgan fingerprint density at radius 1 is 1.19 bits per heavy atom. The van der Waals surface area contributed by atoms with Crippen LogP contribution in [0.2, 0.25) is 0 Å². The number of benzene rings is 1. The first-order chi connectivity index (χ1) is 10.1. The summed E-state index contributed by atoms with van der Waals surface area (Å²) in [5, 5.41) is 10.5. The van der Waals surface area contributed by atoms with Crippen LogP contribution in [0.15, 0.2) is 36.4 Å². The Morgan fingerprint density at radius 3 is 2.43 bits per heavy atom. The molecule has 0 bridgehead atoms. The van der Waals surface area contributed by atoms with Gasteiger partial charge in [0.2, 0.25) is 0 Å². The van der Waals surface area contributed by atoms with E-state index >= 15 is 0 Å². The lowest BCUT2D eigenvalue weighted by molar-refractivity contribution is 0.0592. The Labute approximate surface area is 120 Å². The molecule has 0 atom stereocenters. The third kappa shape index (κ3) is 3.95. The summed E-state index contributed by atoms with van der Waals surface area (Å²) < 4.78 is 29.3. The molecule has 2 aromatic rings. The number of nitrogens with one attached hydrogen (secondary N) is 1. The number of anilines is 1. The summed E-state index contributed by atoms with van der Waals surface area (Å²) in [5.41, 5.74) is 0.934. The van der Waals surface area contributed by atoms with E-state index in [1.165, 1.54) is 25.3 Å². The molecule has 0 unspecified atom stereocenters. The molecule has 1 aromatic carbocycles. The van der Waals surface area contributed by atoms with E-state index in [0.717, 1.165) is 5.56 Å². The molecular formula is C14H13F2N3O2. The maximum atomic E-state index is 12.4. The van der Waals surface area contributed by atoms with Gasteiger partial charge in [0.15, 0.2) is 5.69 Å². The Morgan fingerprint density at radius 2 is 1.90 bits per heavy atom. The number of carbonyl (C=O) groups excluding carboxylic acids is 1. The van der Waals surface area contributed by atoms with E-state index in [9.17, 15) is 13.6 Å². The summed E-state index contributed by atoms with van der Waals surface area (Å²) in [6.07, 6.45) is -2.47. The molecule has 0 spiro atoms. The topological polar surface area (TPSA) is 64.1 Å². The number of hydrogen-bond acceptors (Lipinski definition) is 5. The van der Waals surface area contributed by atoms with Gasteiger partial charge in [-0.15, -0.1) is 10.2 Å². The normalized spacial score (nSPS) is 10.5. The molecule has 2 rings (SSSR count). The lowest BCUT2D eigenvalue weighted by Gasteiger charge is -2.06. The number of methoxy groups -OCH3 is 1. The molecule has 1 N–H and O–H groups in total. The van der Waals surface area contributed by atoms with Crippen molar-refractivity contribution in [2.24, 2.45) is 0 Å². The number of nitrogens with zero attached hydrogens (tertiary/aromatic N) is 2. The summed E-state index contributed by atoms with van der Waals surface area (Å²) in [6.45, 7) is 0.412. The molecule has 0 fully saturated rings. The fourth-order valence-electron chi connectivity index (χ4n) is 1.61. The number of rotatable bonds is 5. The van der Waals surface area contributed by atoms with Crippen LogP contribution in [0, 0.1) is 0 Å². The summed E-state index contributed by atoms with van der Waals surface area (Å²) in [4.78, 5) is 11.2. The molecule has 5 nitrogen and oxygen atoms in total. The van der Waals surface area contributed by atoms with Crippen LogP contribution in [0.3, 0.4) is 0 Å². The molecule has 110 valence electrons. The Hall–Kier alpha value is -2.57. The van der Waals surface area contributed by atoms with Gasteiger partial charge in [-0.3, -0.25) is 0 Å². The molecule has 0 aliphatic heterocycles. The van der Waals surface area contributed by atoms with Crippen LogP contribution in [-0.4, -0.2) is 23.3 Å². The fourth-order valence-corrected chi connectivity index (χ4v) is 1.61. The van der Waals surface area contributed by atoms with Crippen LogP contribution in [0.5, 0.6) is 0 Å². The zero-order valence-electron chi connectivity index (χ0n) is 11.2. The fraction of sp³-hybridized carbons (Fsp3) is 0.214. The highest BCUT2D eigenvalue weighted by molar-refractivity contribution is 5.86. The molecule has 0 amide bonds. The summed E-state index contributed by atoms with van der Waals surface area (Å²) >= 11 is 0. The number of aromatic nitrogens is 2. The van der Waals surface area contributed by atoms with Crippen molar-refractivity contribution >= 4 is 11.8 Å². The summed E-state index contributed by atoms with van der Waals surface area (Å²) in [6, 6.07) is 9.07. The highest BCUT2D eigenvalue weighted by Crippen LogP contribution is 2.19. The molecular weight excluding hydrogens is 280 g/mol. The van der Waals surface area contributed by atoms with Crippen molar-refractivity contribution in [2.75, 3.05) is 12.4 Å². The van der Waals surface area contributed by atoms with E-state index in [1.54, 1.807) is 18.2 Å². The molecule has 1 heterocycles. The second-order valence-corrected chi connectivity index (χ2v) is 4.19. The van der Waals surface area contributed by atoms with Crippen molar-refractivity contribution in [3.8, 4) is 0 Å². The van der Waals surface area contributed by atoms with Gasteiger partial charge in [0.05, 0.1) is 7.11 Å². The quantitative estimate of drug-likeness (QED) is 0.859. The number of esters is 1. The minimum absolute atomic E-state index is 0.0130. The monoisotopic (exact) mass is 293 g/mol. The van der Waals surface area contributed by atoms with Crippen molar-refractivity contribution in [1.29, 1.82) is 0 Å². The van der Waals surface area contributed by atoms with E-state index in [0.29, 0.717) is 12.4 Å². The molecule has 1 aromatic heterocycles. The second kappa shape index (κ2) is 6.74. The lowest BCUT2D eigenvalue weighted by Crippen LogP contribution is -2.08. The lowest BCUT2D eigenvalue weighted by atomic mass is 10.1. The van der Waals surface area contributed by atoms with Gasteiger partial charge in [0.1, 0.15) is 5.82 Å². The van der Waals surface area contributed by atoms with Crippen molar-refractivity contribution in [3.05, 3.63) is 53.2 Å². The van der Waals surface area contributed by atoms with Gasteiger partial charge in [-0.25, -0.2) is 13.6 Å². The van der Waals surface area contributed by atoms with Crippen LogP contribution in [0.1, 0.15) is 28.0 Å². The molecule has 21 heavy (non-hydrogen) atoms. The largest absolute Gasteiger partial charge is 0.464 e. The van der Waals surface area contributed by atoms with Gasteiger partial charge >= 0.3 is 5.97 Å². The zero-order valence-corrected chi connectivity index (χ0v) is 11.2. The highest BCUT2D eigenvalue weighted by atomic mass is 19.3. The first-order valence-corrected chi connectivity index (χ1v) is 6.13. The second-order valence-electron chi connectivity index (χ2n) is 4.19. The van der Waals surface area contributed by atoms with Gasteiger partial charge in [-0.05, 0) is 17.7 Å². The van der Waals surface area contributed by atoms with E-state index < -0.39 is 12.4 Å². The molecule has 0 saturated carbocycles. The summed E-state index contributed by atoms with van der Waals surface area (Å²) in [5.74, 6) is -0.0859. The molecule has 0 aliphatic rings. The van der Waals surface area contributed by atoms with Crippen LogP contribution in [-0.2, 0) is 11.3 Å². The summed E-state index contributed by atoms with van der Waals surface area (Å²) in [7, 11) is 1.26. The smallest absolute Gasteiger partial charge is 0.358 e. The van der Waals surface area contributed by atoms with Crippen molar-refractivity contribution in [3.63, 3.8) is 0 Å². The average molecular weight is 293 g/mol. The maximum absolute atomic E-state index is 12.4. The van der Waals surface area contributed by atoms with Gasteiger partial charge in [-0.1, -0.05) is 24.3 Å². The van der Waals surface area contributed by atoms with Crippen LogP contribution >= 0.6 is 0 Å². The number of alkyl halides is 2. The Kier molecular flexibility index (Phi) is 4.76. The average Bonchev–Trinajstić information content (AvgIpc) is 2.53. The molecule has 7 heteroatoms. The molecule has 0 radical (unpaired) electrons. The zero-order chi connectivity index (χ0) is 15.2. The van der Waals surface area contributed by atoms with Gasteiger partial charge in [-0.2, -0.15) is 0 Å². The first kappa shape index (κ1) is 14.8. The number of ether oxygens (including phenoxy) is 1. The minimum Gasteiger partial charge on any atom is -0.464 e. The predicted molar refractivity (Wildman–Crippen MR) is 72.1 cm³/mol. The predicted octanol–water partition coefficient (Wildman–Crippen LogP) is 2.81. The SMILES string of the molecule is COC(=O)c1ccc(NCc2ccc(C(F)F)cc2)nn1. The van der Waals surface area contributed by atoms with Gasteiger partial charge < -0.3 is 10.1 Å². The number of halogens is 2. The van der Waals surface area contributed by atoms with Crippen LogP contribution < -0.4 is 5.32 Å². The van der Waals surface area contributed by atoms with Crippen LogP contribution in [0.4, 0.5) is 14.6 Å². The molecule has 0 saturated heterocycles. The van der Waals surface area contributed by atoms with E-state index in [4.69, 9.17) is 0 Å². The standard InChI is InChI=1S/C14H13F2N3O2/c1-21-14(20)11-6-7-12(19-18-11)17-8-9-2-4-10(5-3-9)13(15)16/h2-7,13H,8H2,1H3,(H,17,19). The Balaban J connectivity index is 1.95. The first-order valence-electron chi connectivity index (χ1n) is 6.13. The van der Waals surface area contributed by atoms with Crippen molar-refractivity contribution in [1.82, 2.24) is 10.2 Å². The van der Waals surface area contributed by atoms with E-state index in [-0.39, 0.29) is 11.3 Å².